The van der Waals surface area contributed by atoms with E-state index in [0.29, 0.717) is 12.7 Å². The molecule has 1 saturated heterocycles. The van der Waals surface area contributed by atoms with E-state index in [1.807, 2.05) is 18.7 Å². The van der Waals surface area contributed by atoms with E-state index in [0.717, 1.165) is 37.7 Å². The lowest BCUT2D eigenvalue weighted by Gasteiger charge is -2.22. The number of aromatic nitrogens is 3. The Morgan fingerprint density at radius 1 is 1.44 bits per heavy atom. The first kappa shape index (κ1) is 11.3. The van der Waals surface area contributed by atoms with Crippen LogP contribution in [0.5, 0.6) is 0 Å². The van der Waals surface area contributed by atoms with E-state index in [9.17, 15) is 0 Å². The smallest absolute Gasteiger partial charge is 0.224 e. The summed E-state index contributed by atoms with van der Waals surface area (Å²) in [6, 6.07) is 0. The third kappa shape index (κ3) is 2.51. The predicted octanol–water partition coefficient (Wildman–Crippen LogP) is 0.125. The van der Waals surface area contributed by atoms with Crippen LogP contribution in [0.25, 0.3) is 0 Å². The van der Waals surface area contributed by atoms with E-state index in [4.69, 9.17) is 4.74 Å². The first-order chi connectivity index (χ1) is 7.81. The summed E-state index contributed by atoms with van der Waals surface area (Å²) in [5.74, 6) is 1.63. The Morgan fingerprint density at radius 3 is 2.81 bits per heavy atom. The molecule has 0 atom stereocenters. The van der Waals surface area contributed by atoms with Gasteiger partial charge in [0.1, 0.15) is 6.61 Å². The molecule has 16 heavy (non-hydrogen) atoms. The topological polar surface area (TPSA) is 64.0 Å². The SMILES string of the molecule is CNc1nnc(COC2CCNCC2)n1C. The van der Waals surface area contributed by atoms with E-state index in [2.05, 4.69) is 20.8 Å². The lowest BCUT2D eigenvalue weighted by molar-refractivity contribution is 0.0167. The van der Waals surface area contributed by atoms with E-state index >= 15 is 0 Å². The Labute approximate surface area is 95.4 Å². The largest absolute Gasteiger partial charge is 0.370 e. The number of hydrogen-bond acceptors (Lipinski definition) is 5. The minimum Gasteiger partial charge on any atom is -0.370 e. The van der Waals surface area contributed by atoms with Crippen LogP contribution in [0.1, 0.15) is 18.7 Å². The Hall–Kier alpha value is -1.14. The summed E-state index contributed by atoms with van der Waals surface area (Å²) in [4.78, 5) is 0. The fourth-order valence-corrected chi connectivity index (χ4v) is 1.86. The van der Waals surface area contributed by atoms with Crippen LogP contribution in [0.3, 0.4) is 0 Å². The highest BCUT2D eigenvalue weighted by molar-refractivity contribution is 5.23. The quantitative estimate of drug-likeness (QED) is 0.762. The van der Waals surface area contributed by atoms with Gasteiger partial charge in [-0.2, -0.15) is 0 Å². The molecule has 0 bridgehead atoms. The molecule has 0 unspecified atom stereocenters. The van der Waals surface area contributed by atoms with Gasteiger partial charge in [-0.1, -0.05) is 0 Å². The second-order valence-corrected chi connectivity index (χ2v) is 4.01. The first-order valence-corrected chi connectivity index (χ1v) is 5.69. The van der Waals surface area contributed by atoms with Crippen molar-refractivity contribution in [3.8, 4) is 0 Å². The first-order valence-electron chi connectivity index (χ1n) is 5.69. The lowest BCUT2D eigenvalue weighted by atomic mass is 10.1. The van der Waals surface area contributed by atoms with Crippen LogP contribution in [0, 0.1) is 0 Å². The Kier molecular flexibility index (Phi) is 3.74. The van der Waals surface area contributed by atoms with Gasteiger partial charge in [0.25, 0.3) is 0 Å². The number of ether oxygens (including phenoxy) is 1. The summed E-state index contributed by atoms with van der Waals surface area (Å²) in [7, 11) is 3.77. The average molecular weight is 225 g/mol. The number of anilines is 1. The van der Waals surface area contributed by atoms with Crippen LogP contribution in [0.2, 0.25) is 0 Å². The Balaban J connectivity index is 1.86. The van der Waals surface area contributed by atoms with Gasteiger partial charge in [0.05, 0.1) is 6.10 Å². The molecule has 2 heterocycles. The molecule has 6 nitrogen and oxygen atoms in total. The van der Waals surface area contributed by atoms with E-state index in [1.165, 1.54) is 0 Å². The third-order valence-electron chi connectivity index (χ3n) is 2.92. The maximum Gasteiger partial charge on any atom is 0.224 e. The summed E-state index contributed by atoms with van der Waals surface area (Å²) in [6.45, 7) is 2.63. The molecule has 90 valence electrons. The summed E-state index contributed by atoms with van der Waals surface area (Å²) in [6.07, 6.45) is 2.52. The number of rotatable bonds is 4. The minimum absolute atomic E-state index is 0.357. The predicted molar refractivity (Wildman–Crippen MR) is 61.2 cm³/mol. The van der Waals surface area contributed by atoms with Gasteiger partial charge in [0.15, 0.2) is 5.82 Å². The maximum atomic E-state index is 5.82. The molecule has 6 heteroatoms. The van der Waals surface area contributed by atoms with Crippen LogP contribution < -0.4 is 10.6 Å². The van der Waals surface area contributed by atoms with Crippen molar-refractivity contribution in [2.75, 3.05) is 25.5 Å². The highest BCUT2D eigenvalue weighted by Crippen LogP contribution is 2.11. The molecule has 1 aromatic heterocycles. The van der Waals surface area contributed by atoms with Crippen molar-refractivity contribution in [3.63, 3.8) is 0 Å². The van der Waals surface area contributed by atoms with Crippen molar-refractivity contribution < 1.29 is 4.74 Å². The van der Waals surface area contributed by atoms with Crippen molar-refractivity contribution in [2.24, 2.45) is 7.05 Å². The molecule has 1 aliphatic heterocycles. The van der Waals surface area contributed by atoms with Crippen LogP contribution >= 0.6 is 0 Å². The molecule has 0 saturated carbocycles. The van der Waals surface area contributed by atoms with Crippen LogP contribution in [-0.4, -0.2) is 41.0 Å². The number of nitrogens with one attached hydrogen (secondary N) is 2. The van der Waals surface area contributed by atoms with Gasteiger partial charge in [-0.25, -0.2) is 0 Å². The zero-order valence-corrected chi connectivity index (χ0v) is 9.86. The molecule has 2 rings (SSSR count). The highest BCUT2D eigenvalue weighted by atomic mass is 16.5. The summed E-state index contributed by atoms with van der Waals surface area (Å²) < 4.78 is 7.73. The maximum absolute atomic E-state index is 5.82. The van der Waals surface area contributed by atoms with Crippen molar-refractivity contribution in [1.82, 2.24) is 20.1 Å². The molecule has 1 aliphatic rings. The number of piperidine rings is 1. The summed E-state index contributed by atoms with van der Waals surface area (Å²) in [5, 5.41) is 14.4. The van der Waals surface area contributed by atoms with Gasteiger partial charge < -0.3 is 15.4 Å². The molecule has 2 N–H and O–H groups in total. The van der Waals surface area contributed by atoms with E-state index in [-0.39, 0.29) is 0 Å². The van der Waals surface area contributed by atoms with Gasteiger partial charge in [-0.15, -0.1) is 10.2 Å². The molecule has 0 aliphatic carbocycles. The zero-order valence-electron chi connectivity index (χ0n) is 9.86. The van der Waals surface area contributed by atoms with Gasteiger partial charge in [-0.3, -0.25) is 4.57 Å². The third-order valence-corrected chi connectivity index (χ3v) is 2.92. The Morgan fingerprint density at radius 2 is 2.19 bits per heavy atom. The molecule has 1 aromatic rings. The highest BCUT2D eigenvalue weighted by Gasteiger charge is 2.15. The summed E-state index contributed by atoms with van der Waals surface area (Å²) in [5.41, 5.74) is 0. The van der Waals surface area contributed by atoms with Crippen molar-refractivity contribution in [1.29, 1.82) is 0 Å². The van der Waals surface area contributed by atoms with Crippen LogP contribution in [0.4, 0.5) is 5.95 Å². The van der Waals surface area contributed by atoms with Gasteiger partial charge in [-0.05, 0) is 25.9 Å². The standard InChI is InChI=1S/C10H19N5O/c1-11-10-14-13-9(15(10)2)7-16-8-3-5-12-6-4-8/h8,12H,3-7H2,1-2H3,(H,11,14). The second-order valence-electron chi connectivity index (χ2n) is 4.01. The van der Waals surface area contributed by atoms with Gasteiger partial charge in [0, 0.05) is 14.1 Å². The van der Waals surface area contributed by atoms with E-state index in [1.54, 1.807) is 0 Å². The second kappa shape index (κ2) is 5.27. The minimum atomic E-state index is 0.357. The fraction of sp³-hybridized carbons (Fsp3) is 0.800. The molecule has 0 radical (unpaired) electrons. The molecule has 0 aromatic carbocycles. The normalized spacial score (nSPS) is 17.6. The van der Waals surface area contributed by atoms with Crippen molar-refractivity contribution in [2.45, 2.75) is 25.6 Å². The van der Waals surface area contributed by atoms with E-state index < -0.39 is 0 Å². The zero-order chi connectivity index (χ0) is 11.4. The molecule has 0 amide bonds. The van der Waals surface area contributed by atoms with Crippen LogP contribution in [0.15, 0.2) is 0 Å². The van der Waals surface area contributed by atoms with Crippen molar-refractivity contribution in [3.05, 3.63) is 5.82 Å². The summed E-state index contributed by atoms with van der Waals surface area (Å²) >= 11 is 0. The number of hydrogen-bond donors (Lipinski definition) is 2. The van der Waals surface area contributed by atoms with Gasteiger partial charge in [0.2, 0.25) is 5.95 Å². The Bertz CT molecular complexity index is 332. The average Bonchev–Trinajstić information content (AvgIpc) is 2.69. The van der Waals surface area contributed by atoms with Gasteiger partial charge >= 0.3 is 0 Å². The monoisotopic (exact) mass is 225 g/mol. The van der Waals surface area contributed by atoms with Crippen molar-refractivity contribution >= 4 is 5.95 Å². The fourth-order valence-electron chi connectivity index (χ4n) is 1.86. The molecular formula is C10H19N5O. The number of nitrogens with zero attached hydrogens (tertiary/aromatic N) is 3. The van der Waals surface area contributed by atoms with Crippen LogP contribution in [-0.2, 0) is 18.4 Å². The molecule has 0 spiro atoms. The lowest BCUT2D eigenvalue weighted by Crippen LogP contribution is -2.32. The molecule has 1 fully saturated rings. The molecular weight excluding hydrogens is 206 g/mol.